The van der Waals surface area contributed by atoms with Crippen molar-refractivity contribution in [3.05, 3.63) is 46.1 Å². The summed E-state index contributed by atoms with van der Waals surface area (Å²) in [5, 5.41) is 14.4. The fourth-order valence-corrected chi connectivity index (χ4v) is 2.39. The van der Waals surface area contributed by atoms with E-state index in [0.29, 0.717) is 0 Å². The monoisotopic (exact) mass is 297 g/mol. The molecule has 0 N–H and O–H groups in total. The molecule has 0 radical (unpaired) electrons. The minimum absolute atomic E-state index is 0.0944. The van der Waals surface area contributed by atoms with Crippen LogP contribution in [-0.4, -0.2) is 23.1 Å². The predicted octanol–water partition coefficient (Wildman–Crippen LogP) is 1.40. The molecule has 2 rings (SSSR count). The molecule has 106 valence electrons. The van der Waals surface area contributed by atoms with Crippen molar-refractivity contribution in [2.45, 2.75) is 11.8 Å². The molecule has 0 aliphatic rings. The maximum atomic E-state index is 12.0. The number of aromatic nitrogens is 2. The van der Waals surface area contributed by atoms with Crippen LogP contribution in [0.1, 0.15) is 5.56 Å². The van der Waals surface area contributed by atoms with E-state index >= 15 is 0 Å². The van der Waals surface area contributed by atoms with Gasteiger partial charge in [-0.25, -0.2) is 0 Å². The third kappa shape index (κ3) is 2.77. The Morgan fingerprint density at radius 1 is 1.30 bits per heavy atom. The molecule has 0 aliphatic heterocycles. The number of nitrogens with zero attached hydrogens (tertiary/aromatic N) is 3. The van der Waals surface area contributed by atoms with Gasteiger partial charge >= 0.3 is 21.7 Å². The minimum atomic E-state index is -4.15. The van der Waals surface area contributed by atoms with Gasteiger partial charge in [0.05, 0.1) is 4.92 Å². The van der Waals surface area contributed by atoms with Gasteiger partial charge in [-0.3, -0.25) is 14.8 Å². The van der Waals surface area contributed by atoms with Gasteiger partial charge in [0.15, 0.2) is 0 Å². The molecular weight excluding hydrogens is 286 g/mol. The molecule has 9 heteroatoms. The van der Waals surface area contributed by atoms with Crippen molar-refractivity contribution < 1.29 is 17.5 Å². The molecule has 1 aromatic carbocycles. The van der Waals surface area contributed by atoms with E-state index in [9.17, 15) is 18.5 Å². The average molecular weight is 297 g/mol. The van der Waals surface area contributed by atoms with Gasteiger partial charge in [0.1, 0.15) is 11.1 Å². The first-order valence-electron chi connectivity index (χ1n) is 5.49. The van der Waals surface area contributed by atoms with E-state index in [4.69, 9.17) is 4.18 Å². The van der Waals surface area contributed by atoms with Gasteiger partial charge in [0, 0.05) is 7.05 Å². The molecule has 2 aromatic rings. The summed E-state index contributed by atoms with van der Waals surface area (Å²) in [6.07, 6.45) is 1.07. The summed E-state index contributed by atoms with van der Waals surface area (Å²) < 4.78 is 29.9. The van der Waals surface area contributed by atoms with Crippen molar-refractivity contribution in [1.29, 1.82) is 0 Å². The van der Waals surface area contributed by atoms with E-state index in [0.717, 1.165) is 16.4 Å². The SMILES string of the molecule is Cc1ccc(S(=O)(=O)Oc2nn(C)cc2[N+](=O)[O-])cc1. The smallest absolute Gasteiger partial charge is 0.349 e. The van der Waals surface area contributed by atoms with Gasteiger partial charge in [-0.1, -0.05) is 17.7 Å². The molecule has 0 saturated carbocycles. The number of hydrogen-bond donors (Lipinski definition) is 0. The summed E-state index contributed by atoms with van der Waals surface area (Å²) in [4.78, 5) is 9.93. The zero-order valence-corrected chi connectivity index (χ0v) is 11.5. The Labute approximate surface area is 114 Å². The second kappa shape index (κ2) is 4.93. The number of aryl methyl sites for hydroxylation is 2. The molecule has 20 heavy (non-hydrogen) atoms. The summed E-state index contributed by atoms with van der Waals surface area (Å²) in [6, 6.07) is 5.92. The zero-order chi connectivity index (χ0) is 14.9. The van der Waals surface area contributed by atoms with Crippen molar-refractivity contribution in [1.82, 2.24) is 9.78 Å². The predicted molar refractivity (Wildman–Crippen MR) is 68.9 cm³/mol. The van der Waals surface area contributed by atoms with Crippen LogP contribution >= 0.6 is 0 Å². The number of nitro groups is 1. The van der Waals surface area contributed by atoms with Crippen LogP contribution in [0.25, 0.3) is 0 Å². The van der Waals surface area contributed by atoms with E-state index in [-0.39, 0.29) is 4.90 Å². The molecule has 1 heterocycles. The fraction of sp³-hybridized carbons (Fsp3) is 0.182. The van der Waals surface area contributed by atoms with Gasteiger partial charge in [-0.2, -0.15) is 8.42 Å². The number of benzene rings is 1. The fourth-order valence-electron chi connectivity index (χ4n) is 1.50. The van der Waals surface area contributed by atoms with Crippen LogP contribution in [0.15, 0.2) is 35.4 Å². The lowest BCUT2D eigenvalue weighted by Crippen LogP contribution is -2.11. The molecule has 8 nitrogen and oxygen atoms in total. The van der Waals surface area contributed by atoms with Crippen molar-refractivity contribution >= 4 is 15.8 Å². The van der Waals surface area contributed by atoms with Crippen molar-refractivity contribution in [3.63, 3.8) is 0 Å². The average Bonchev–Trinajstić information content (AvgIpc) is 2.70. The van der Waals surface area contributed by atoms with Gasteiger partial charge in [-0.15, -0.1) is 5.10 Å². The third-order valence-corrected chi connectivity index (χ3v) is 3.70. The molecule has 0 spiro atoms. The summed E-state index contributed by atoms with van der Waals surface area (Å²) in [7, 11) is -2.72. The maximum absolute atomic E-state index is 12.0. The van der Waals surface area contributed by atoms with Gasteiger partial charge < -0.3 is 4.18 Å². The van der Waals surface area contributed by atoms with Gasteiger partial charge in [-0.05, 0) is 19.1 Å². The first kappa shape index (κ1) is 14.0. The highest BCUT2D eigenvalue weighted by Crippen LogP contribution is 2.27. The summed E-state index contributed by atoms with van der Waals surface area (Å²) in [6.45, 7) is 1.81. The quantitative estimate of drug-likeness (QED) is 0.480. The molecular formula is C11H11N3O5S. The van der Waals surface area contributed by atoms with Crippen molar-refractivity contribution in [2.75, 3.05) is 0 Å². The van der Waals surface area contributed by atoms with Crippen LogP contribution in [0, 0.1) is 17.0 Å². The number of rotatable bonds is 4. The van der Waals surface area contributed by atoms with Crippen molar-refractivity contribution in [3.8, 4) is 5.88 Å². The van der Waals surface area contributed by atoms with Crippen molar-refractivity contribution in [2.24, 2.45) is 7.05 Å². The molecule has 0 amide bonds. The van der Waals surface area contributed by atoms with Crippen LogP contribution in [0.3, 0.4) is 0 Å². The van der Waals surface area contributed by atoms with E-state index in [1.165, 1.54) is 19.2 Å². The van der Waals surface area contributed by atoms with Crippen LogP contribution in [-0.2, 0) is 17.2 Å². The second-order valence-corrected chi connectivity index (χ2v) is 5.65. The largest absolute Gasteiger partial charge is 0.351 e. The lowest BCUT2D eigenvalue weighted by Gasteiger charge is -2.04. The van der Waals surface area contributed by atoms with Crippen LogP contribution in [0.4, 0.5) is 5.69 Å². The Morgan fingerprint density at radius 3 is 2.45 bits per heavy atom. The summed E-state index contributed by atoms with van der Waals surface area (Å²) in [5.41, 5.74) is 0.371. The molecule has 0 bridgehead atoms. The van der Waals surface area contributed by atoms with E-state index in [2.05, 4.69) is 5.10 Å². The Morgan fingerprint density at radius 2 is 1.90 bits per heavy atom. The highest BCUT2D eigenvalue weighted by atomic mass is 32.2. The normalized spacial score (nSPS) is 11.3. The second-order valence-electron chi connectivity index (χ2n) is 4.10. The van der Waals surface area contributed by atoms with E-state index in [1.54, 1.807) is 19.1 Å². The van der Waals surface area contributed by atoms with Crippen LogP contribution < -0.4 is 4.18 Å². The van der Waals surface area contributed by atoms with Gasteiger partial charge in [0.25, 0.3) is 0 Å². The summed E-state index contributed by atoms with van der Waals surface area (Å²) >= 11 is 0. The summed E-state index contributed by atoms with van der Waals surface area (Å²) in [5.74, 6) is -0.557. The highest BCUT2D eigenvalue weighted by molar-refractivity contribution is 7.87. The Balaban J connectivity index is 2.38. The first-order chi connectivity index (χ1) is 9.29. The van der Waals surface area contributed by atoms with Crippen LogP contribution in [0.5, 0.6) is 5.88 Å². The lowest BCUT2D eigenvalue weighted by molar-refractivity contribution is -0.385. The standard InChI is InChI=1S/C11H11N3O5S/c1-8-3-5-9(6-4-8)20(17,18)19-11-10(14(15)16)7-13(2)12-11/h3-7H,1-2H3. The topological polar surface area (TPSA) is 104 Å². The molecule has 0 aliphatic carbocycles. The van der Waals surface area contributed by atoms with E-state index in [1.807, 2.05) is 0 Å². The Kier molecular flexibility index (Phi) is 3.45. The first-order valence-corrected chi connectivity index (χ1v) is 6.89. The lowest BCUT2D eigenvalue weighted by atomic mass is 10.2. The maximum Gasteiger partial charge on any atom is 0.351 e. The Hall–Kier alpha value is -2.42. The number of hydrogen-bond acceptors (Lipinski definition) is 6. The minimum Gasteiger partial charge on any atom is -0.349 e. The van der Waals surface area contributed by atoms with Gasteiger partial charge in [0.2, 0.25) is 0 Å². The molecule has 0 saturated heterocycles. The molecule has 0 fully saturated rings. The molecule has 0 atom stereocenters. The zero-order valence-electron chi connectivity index (χ0n) is 10.7. The van der Waals surface area contributed by atoms with E-state index < -0.39 is 26.6 Å². The molecule has 1 aromatic heterocycles. The van der Waals surface area contributed by atoms with Crippen LogP contribution in [0.2, 0.25) is 0 Å². The Bertz CT molecular complexity index is 749. The molecule has 0 unspecified atom stereocenters. The highest BCUT2D eigenvalue weighted by Gasteiger charge is 2.26. The third-order valence-electron chi connectivity index (χ3n) is 2.47.